The number of nitrogens with zero attached hydrogens (tertiary/aromatic N) is 6. The van der Waals surface area contributed by atoms with Crippen LogP contribution in [0.1, 0.15) is 26.2 Å². The zero-order valence-corrected chi connectivity index (χ0v) is 20.0. The molecule has 1 aliphatic carbocycles. The molecule has 5 rings (SSSR count). The van der Waals surface area contributed by atoms with E-state index in [-0.39, 0.29) is 12.6 Å². The standard InChI is InChI=1S/C23H32N6O2.CH2O2/c1-3-31-22(30)29-8-6-23(17-29)13-19(14-23)27-9-11-28(12-10-27)21-20(5-4-7-24-21)18-15-25-26(2)16-18;2-1-3/h4-5,7,15-16,19H,3,6,8-14,17H2,1-2H3;1H,(H,2,3). The van der Waals surface area contributed by atoms with Gasteiger partial charge in [0.15, 0.2) is 0 Å². The maximum atomic E-state index is 12.0. The van der Waals surface area contributed by atoms with Gasteiger partial charge < -0.3 is 19.6 Å². The number of carboxylic acid groups (broad SMARTS) is 1. The molecule has 34 heavy (non-hydrogen) atoms. The molecule has 10 heteroatoms. The molecule has 184 valence electrons. The summed E-state index contributed by atoms with van der Waals surface area (Å²) in [4.78, 5) is 32.1. The first-order valence-electron chi connectivity index (χ1n) is 11.9. The van der Waals surface area contributed by atoms with Gasteiger partial charge in [-0.25, -0.2) is 9.78 Å². The van der Waals surface area contributed by atoms with Crippen molar-refractivity contribution in [1.29, 1.82) is 0 Å². The second kappa shape index (κ2) is 10.4. The summed E-state index contributed by atoms with van der Waals surface area (Å²) in [6.07, 6.45) is 9.21. The predicted molar refractivity (Wildman–Crippen MR) is 128 cm³/mol. The number of aromatic nitrogens is 3. The van der Waals surface area contributed by atoms with Crippen LogP contribution in [-0.4, -0.2) is 94.2 Å². The van der Waals surface area contributed by atoms with Crippen molar-refractivity contribution in [3.05, 3.63) is 30.7 Å². The number of aryl methyl sites for hydroxylation is 1. The zero-order valence-electron chi connectivity index (χ0n) is 20.0. The summed E-state index contributed by atoms with van der Waals surface area (Å²) in [6, 6.07) is 4.78. The van der Waals surface area contributed by atoms with Crippen LogP contribution in [0.4, 0.5) is 10.6 Å². The molecule has 1 N–H and O–H groups in total. The molecule has 1 spiro atoms. The van der Waals surface area contributed by atoms with Gasteiger partial charge >= 0.3 is 6.09 Å². The molecular weight excluding hydrogens is 436 g/mol. The van der Waals surface area contributed by atoms with Gasteiger partial charge in [-0.15, -0.1) is 0 Å². The Morgan fingerprint density at radius 2 is 2.00 bits per heavy atom. The minimum absolute atomic E-state index is 0.142. The largest absolute Gasteiger partial charge is 0.483 e. The monoisotopic (exact) mass is 470 g/mol. The highest BCUT2D eigenvalue weighted by Gasteiger charge is 2.51. The fourth-order valence-corrected chi connectivity index (χ4v) is 5.57. The highest BCUT2D eigenvalue weighted by atomic mass is 16.6. The number of likely N-dealkylation sites (tertiary alicyclic amines) is 1. The van der Waals surface area contributed by atoms with E-state index in [0.29, 0.717) is 18.1 Å². The van der Waals surface area contributed by atoms with Gasteiger partial charge in [0.05, 0.1) is 12.8 Å². The van der Waals surface area contributed by atoms with Gasteiger partial charge in [-0.1, -0.05) is 0 Å². The topological polar surface area (TPSA) is 104 Å². The minimum atomic E-state index is -0.250. The van der Waals surface area contributed by atoms with Crippen LogP contribution >= 0.6 is 0 Å². The van der Waals surface area contributed by atoms with Crippen LogP contribution in [0.3, 0.4) is 0 Å². The fourth-order valence-electron chi connectivity index (χ4n) is 5.57. The Labute approximate surface area is 200 Å². The van der Waals surface area contributed by atoms with E-state index in [1.807, 2.05) is 48.2 Å². The number of rotatable bonds is 4. The maximum absolute atomic E-state index is 12.0. The van der Waals surface area contributed by atoms with Crippen LogP contribution in [0.25, 0.3) is 11.1 Å². The molecule has 0 bridgehead atoms. The van der Waals surface area contributed by atoms with Crippen molar-refractivity contribution < 1.29 is 19.4 Å². The highest BCUT2D eigenvalue weighted by Crippen LogP contribution is 2.50. The lowest BCUT2D eigenvalue weighted by Crippen LogP contribution is -2.58. The maximum Gasteiger partial charge on any atom is 0.409 e. The van der Waals surface area contributed by atoms with Crippen molar-refractivity contribution in [2.45, 2.75) is 32.2 Å². The molecule has 10 nitrogen and oxygen atoms in total. The van der Waals surface area contributed by atoms with Crippen molar-refractivity contribution in [3.8, 4) is 11.1 Å². The number of piperazine rings is 1. The van der Waals surface area contributed by atoms with Crippen LogP contribution in [0.2, 0.25) is 0 Å². The van der Waals surface area contributed by atoms with E-state index in [1.54, 1.807) is 0 Å². The van der Waals surface area contributed by atoms with Crippen LogP contribution in [0.15, 0.2) is 30.7 Å². The van der Waals surface area contributed by atoms with E-state index in [2.05, 4.69) is 21.0 Å². The molecule has 0 unspecified atom stereocenters. The summed E-state index contributed by atoms with van der Waals surface area (Å²) in [5.74, 6) is 1.06. The van der Waals surface area contributed by atoms with Gasteiger partial charge in [-0.2, -0.15) is 5.10 Å². The molecule has 1 amide bonds. The third-order valence-electron chi connectivity index (χ3n) is 7.23. The molecule has 4 heterocycles. The number of anilines is 1. The summed E-state index contributed by atoms with van der Waals surface area (Å²) in [6.45, 7) is 7.88. The SMILES string of the molecule is CCOC(=O)N1CCC2(CC(N3CCN(c4ncccc4-c4cnn(C)c4)CC3)C2)C1.O=CO. The van der Waals surface area contributed by atoms with Crippen LogP contribution in [-0.2, 0) is 16.6 Å². The van der Waals surface area contributed by atoms with E-state index in [9.17, 15) is 4.79 Å². The molecule has 2 aliphatic heterocycles. The Hall–Kier alpha value is -3.14. The number of ether oxygens (including phenoxy) is 1. The molecule has 1 saturated carbocycles. The third-order valence-corrected chi connectivity index (χ3v) is 7.23. The Bertz CT molecular complexity index is 981. The lowest BCUT2D eigenvalue weighted by molar-refractivity contribution is -0.122. The summed E-state index contributed by atoms with van der Waals surface area (Å²) in [5, 5.41) is 11.2. The van der Waals surface area contributed by atoms with Gasteiger partial charge in [-0.05, 0) is 43.7 Å². The Morgan fingerprint density at radius 3 is 2.65 bits per heavy atom. The van der Waals surface area contributed by atoms with E-state index in [4.69, 9.17) is 19.6 Å². The molecule has 2 aromatic rings. The highest BCUT2D eigenvalue weighted by molar-refractivity contribution is 5.75. The summed E-state index contributed by atoms with van der Waals surface area (Å²) in [7, 11) is 1.94. The van der Waals surface area contributed by atoms with E-state index in [0.717, 1.165) is 62.6 Å². The van der Waals surface area contributed by atoms with Crippen molar-refractivity contribution in [3.63, 3.8) is 0 Å². The van der Waals surface area contributed by atoms with Gasteiger partial charge in [-0.3, -0.25) is 14.4 Å². The number of carbonyl (C=O) groups is 2. The lowest BCUT2D eigenvalue weighted by atomic mass is 9.64. The van der Waals surface area contributed by atoms with E-state index in [1.165, 1.54) is 12.8 Å². The molecule has 3 aliphatic rings. The molecule has 0 aromatic carbocycles. The summed E-state index contributed by atoms with van der Waals surface area (Å²) >= 11 is 0. The molecule has 3 fully saturated rings. The van der Waals surface area contributed by atoms with E-state index >= 15 is 0 Å². The average Bonchev–Trinajstić information content (AvgIpc) is 3.46. The molecule has 2 aromatic heterocycles. The molecule has 0 radical (unpaired) electrons. The lowest BCUT2D eigenvalue weighted by Gasteiger charge is -2.52. The molecular formula is C24H34N6O4. The van der Waals surface area contributed by atoms with Gasteiger partial charge in [0.2, 0.25) is 0 Å². The number of carbonyl (C=O) groups excluding carboxylic acids is 1. The van der Waals surface area contributed by atoms with Crippen molar-refractivity contribution in [2.75, 3.05) is 50.8 Å². The first-order chi connectivity index (χ1) is 16.5. The first-order valence-corrected chi connectivity index (χ1v) is 11.9. The summed E-state index contributed by atoms with van der Waals surface area (Å²) in [5.41, 5.74) is 2.58. The Balaban J connectivity index is 0.000000868. The van der Waals surface area contributed by atoms with Crippen LogP contribution < -0.4 is 4.90 Å². The summed E-state index contributed by atoms with van der Waals surface area (Å²) < 4.78 is 7.02. The second-order valence-electron chi connectivity index (χ2n) is 9.34. The van der Waals surface area contributed by atoms with Crippen molar-refractivity contribution in [2.24, 2.45) is 12.5 Å². The van der Waals surface area contributed by atoms with Crippen LogP contribution in [0, 0.1) is 5.41 Å². The van der Waals surface area contributed by atoms with Gasteiger partial charge in [0, 0.05) is 75.9 Å². The second-order valence-corrected chi connectivity index (χ2v) is 9.34. The zero-order chi connectivity index (χ0) is 24.1. The smallest absolute Gasteiger partial charge is 0.409 e. The minimum Gasteiger partial charge on any atom is -0.483 e. The normalized spacial score (nSPS) is 24.4. The van der Waals surface area contributed by atoms with Crippen LogP contribution in [0.5, 0.6) is 0 Å². The number of pyridine rings is 1. The quantitative estimate of drug-likeness (QED) is 0.679. The average molecular weight is 471 g/mol. The number of amides is 1. The number of hydrogen-bond donors (Lipinski definition) is 1. The van der Waals surface area contributed by atoms with E-state index < -0.39 is 0 Å². The molecule has 0 atom stereocenters. The Morgan fingerprint density at radius 1 is 1.26 bits per heavy atom. The molecule has 2 saturated heterocycles. The fraction of sp³-hybridized carbons (Fsp3) is 0.583. The Kier molecular flexibility index (Phi) is 7.35. The van der Waals surface area contributed by atoms with Gasteiger partial charge in [0.1, 0.15) is 5.82 Å². The van der Waals surface area contributed by atoms with Crippen molar-refractivity contribution in [1.82, 2.24) is 24.6 Å². The van der Waals surface area contributed by atoms with Gasteiger partial charge in [0.25, 0.3) is 6.47 Å². The first kappa shape index (κ1) is 24.0. The third kappa shape index (κ3) is 5.01. The van der Waals surface area contributed by atoms with Crippen molar-refractivity contribution >= 4 is 18.4 Å². The predicted octanol–water partition coefficient (Wildman–Crippen LogP) is 2.32. The number of hydrogen-bond acceptors (Lipinski definition) is 7.